The van der Waals surface area contributed by atoms with Gasteiger partial charge in [0, 0.05) is 12.1 Å². The minimum Gasteiger partial charge on any atom is -0.494 e. The molecule has 112 valence electrons. The summed E-state index contributed by atoms with van der Waals surface area (Å²) in [5, 5.41) is 0. The van der Waals surface area contributed by atoms with Gasteiger partial charge in [-0.25, -0.2) is 0 Å². The summed E-state index contributed by atoms with van der Waals surface area (Å²) in [5.74, 6) is 1.65. The number of likely N-dealkylation sites (tertiary alicyclic amines) is 1. The molecule has 2 atom stereocenters. The van der Waals surface area contributed by atoms with E-state index >= 15 is 0 Å². The highest BCUT2D eigenvalue weighted by Crippen LogP contribution is 2.28. The number of rotatable bonds is 5. The molecule has 1 saturated heterocycles. The van der Waals surface area contributed by atoms with E-state index in [2.05, 4.69) is 43.0 Å². The molecule has 1 aromatic carbocycles. The molecule has 1 aliphatic heterocycles. The predicted molar refractivity (Wildman–Crippen MR) is 84.0 cm³/mol. The van der Waals surface area contributed by atoms with E-state index < -0.39 is 0 Å². The van der Waals surface area contributed by atoms with Crippen molar-refractivity contribution in [2.45, 2.75) is 45.7 Å². The maximum absolute atomic E-state index is 6.01. The summed E-state index contributed by atoms with van der Waals surface area (Å²) in [6, 6.07) is 9.33. The smallest absolute Gasteiger partial charge is 0.119 e. The van der Waals surface area contributed by atoms with Gasteiger partial charge in [0.2, 0.25) is 0 Å². The normalized spacial score (nSPS) is 20.6. The second-order valence-corrected chi connectivity index (χ2v) is 5.91. The van der Waals surface area contributed by atoms with Gasteiger partial charge in [0.15, 0.2) is 0 Å². The third kappa shape index (κ3) is 3.74. The fourth-order valence-electron chi connectivity index (χ4n) is 3.05. The first-order valence-corrected chi connectivity index (χ1v) is 7.84. The average Bonchev–Trinajstić information content (AvgIpc) is 2.48. The Bertz CT molecular complexity index is 394. The number of hydrogen-bond donors (Lipinski definition) is 1. The Morgan fingerprint density at radius 1 is 1.20 bits per heavy atom. The van der Waals surface area contributed by atoms with Crippen molar-refractivity contribution in [3.05, 3.63) is 29.8 Å². The van der Waals surface area contributed by atoms with E-state index in [1.165, 1.54) is 18.4 Å². The maximum Gasteiger partial charge on any atom is 0.119 e. The van der Waals surface area contributed by atoms with Crippen molar-refractivity contribution in [3.8, 4) is 5.75 Å². The standard InChI is InChI=1S/C17H28N2O/c1-4-20-17-7-5-16(6-8-17)14(3)19-11-9-15(10-12-19)13(2)18/h5-8,13-15H,4,9-12,18H2,1-3H3. The lowest BCUT2D eigenvalue weighted by Gasteiger charge is -2.37. The summed E-state index contributed by atoms with van der Waals surface area (Å²) in [5.41, 5.74) is 7.38. The second kappa shape index (κ2) is 7.09. The quantitative estimate of drug-likeness (QED) is 0.897. The fraction of sp³-hybridized carbons (Fsp3) is 0.647. The Kier molecular flexibility index (Phi) is 5.44. The van der Waals surface area contributed by atoms with Crippen LogP contribution in [-0.2, 0) is 0 Å². The van der Waals surface area contributed by atoms with Crippen molar-refractivity contribution in [3.63, 3.8) is 0 Å². The van der Waals surface area contributed by atoms with E-state index in [-0.39, 0.29) is 0 Å². The zero-order valence-electron chi connectivity index (χ0n) is 13.0. The number of nitrogens with two attached hydrogens (primary N) is 1. The van der Waals surface area contributed by atoms with Crippen LogP contribution in [0, 0.1) is 5.92 Å². The molecule has 2 N–H and O–H groups in total. The van der Waals surface area contributed by atoms with Crippen molar-refractivity contribution in [2.75, 3.05) is 19.7 Å². The van der Waals surface area contributed by atoms with Gasteiger partial charge in [-0.2, -0.15) is 0 Å². The highest BCUT2D eigenvalue weighted by Gasteiger charge is 2.25. The van der Waals surface area contributed by atoms with Crippen molar-refractivity contribution < 1.29 is 4.74 Å². The third-order valence-corrected chi connectivity index (χ3v) is 4.54. The summed E-state index contributed by atoms with van der Waals surface area (Å²) >= 11 is 0. The van der Waals surface area contributed by atoms with E-state index in [1.807, 2.05) is 6.92 Å². The summed E-state index contributed by atoms with van der Waals surface area (Å²) in [6.07, 6.45) is 2.44. The molecule has 0 aliphatic carbocycles. The van der Waals surface area contributed by atoms with Crippen molar-refractivity contribution >= 4 is 0 Å². The van der Waals surface area contributed by atoms with Crippen LogP contribution in [0.1, 0.15) is 45.2 Å². The average molecular weight is 276 g/mol. The zero-order valence-corrected chi connectivity index (χ0v) is 13.0. The molecule has 1 aliphatic rings. The van der Waals surface area contributed by atoms with Crippen LogP contribution in [0.25, 0.3) is 0 Å². The Morgan fingerprint density at radius 2 is 1.80 bits per heavy atom. The number of ether oxygens (including phenoxy) is 1. The van der Waals surface area contributed by atoms with E-state index in [0.717, 1.165) is 25.4 Å². The van der Waals surface area contributed by atoms with Gasteiger partial charge in [0.05, 0.1) is 6.61 Å². The molecule has 0 bridgehead atoms. The molecule has 2 unspecified atom stereocenters. The maximum atomic E-state index is 6.01. The first kappa shape index (κ1) is 15.3. The lowest BCUT2D eigenvalue weighted by molar-refractivity contribution is 0.132. The van der Waals surface area contributed by atoms with Crippen molar-refractivity contribution in [1.82, 2.24) is 4.90 Å². The van der Waals surface area contributed by atoms with Gasteiger partial charge in [-0.1, -0.05) is 12.1 Å². The van der Waals surface area contributed by atoms with E-state index in [0.29, 0.717) is 18.0 Å². The Morgan fingerprint density at radius 3 is 2.30 bits per heavy atom. The highest BCUT2D eigenvalue weighted by atomic mass is 16.5. The summed E-state index contributed by atoms with van der Waals surface area (Å²) in [6.45, 7) is 9.47. The highest BCUT2D eigenvalue weighted by molar-refractivity contribution is 5.29. The molecule has 0 radical (unpaired) electrons. The van der Waals surface area contributed by atoms with Gasteiger partial charge >= 0.3 is 0 Å². The largest absolute Gasteiger partial charge is 0.494 e. The molecule has 1 fully saturated rings. The Labute approximate surface area is 123 Å². The molecule has 0 saturated carbocycles. The molecule has 1 aromatic rings. The van der Waals surface area contributed by atoms with Gasteiger partial charge in [-0.05, 0) is 70.3 Å². The minimum atomic E-state index is 0.331. The molecular formula is C17H28N2O. The van der Waals surface area contributed by atoms with Crippen LogP contribution in [-0.4, -0.2) is 30.6 Å². The topological polar surface area (TPSA) is 38.5 Å². The van der Waals surface area contributed by atoms with Gasteiger partial charge < -0.3 is 10.5 Å². The first-order chi connectivity index (χ1) is 9.61. The molecular weight excluding hydrogens is 248 g/mol. The first-order valence-electron chi connectivity index (χ1n) is 7.84. The van der Waals surface area contributed by atoms with Crippen LogP contribution < -0.4 is 10.5 Å². The number of hydrogen-bond acceptors (Lipinski definition) is 3. The van der Waals surface area contributed by atoms with Crippen LogP contribution in [0.4, 0.5) is 0 Å². The zero-order chi connectivity index (χ0) is 14.5. The SMILES string of the molecule is CCOc1ccc(C(C)N2CCC(C(C)N)CC2)cc1. The molecule has 2 rings (SSSR count). The van der Waals surface area contributed by atoms with E-state index in [1.54, 1.807) is 0 Å². The Hall–Kier alpha value is -1.06. The van der Waals surface area contributed by atoms with Crippen molar-refractivity contribution in [2.24, 2.45) is 11.7 Å². The van der Waals surface area contributed by atoms with Gasteiger partial charge in [0.25, 0.3) is 0 Å². The number of benzene rings is 1. The predicted octanol–water partition coefficient (Wildman–Crippen LogP) is 3.21. The summed E-state index contributed by atoms with van der Waals surface area (Å²) in [7, 11) is 0. The monoisotopic (exact) mass is 276 g/mol. The Balaban J connectivity index is 1.92. The van der Waals surface area contributed by atoms with E-state index in [9.17, 15) is 0 Å². The summed E-state index contributed by atoms with van der Waals surface area (Å²) < 4.78 is 5.50. The second-order valence-electron chi connectivity index (χ2n) is 5.91. The minimum absolute atomic E-state index is 0.331. The molecule has 0 spiro atoms. The fourth-order valence-corrected chi connectivity index (χ4v) is 3.05. The molecule has 3 nitrogen and oxygen atoms in total. The van der Waals surface area contributed by atoms with Crippen LogP contribution in [0.5, 0.6) is 5.75 Å². The summed E-state index contributed by atoms with van der Waals surface area (Å²) in [4.78, 5) is 2.56. The number of nitrogens with zero attached hydrogens (tertiary/aromatic N) is 1. The molecule has 0 amide bonds. The third-order valence-electron chi connectivity index (χ3n) is 4.54. The van der Waals surface area contributed by atoms with Gasteiger partial charge in [-0.15, -0.1) is 0 Å². The van der Waals surface area contributed by atoms with Gasteiger partial charge in [0.1, 0.15) is 5.75 Å². The number of piperidine rings is 1. The van der Waals surface area contributed by atoms with Gasteiger partial charge in [-0.3, -0.25) is 4.90 Å². The van der Waals surface area contributed by atoms with Crippen LogP contribution >= 0.6 is 0 Å². The van der Waals surface area contributed by atoms with Crippen molar-refractivity contribution in [1.29, 1.82) is 0 Å². The van der Waals surface area contributed by atoms with Crippen LogP contribution in [0.2, 0.25) is 0 Å². The molecule has 1 heterocycles. The van der Waals surface area contributed by atoms with Crippen LogP contribution in [0.3, 0.4) is 0 Å². The van der Waals surface area contributed by atoms with Crippen LogP contribution in [0.15, 0.2) is 24.3 Å². The lowest BCUT2D eigenvalue weighted by atomic mass is 9.90. The molecule has 0 aromatic heterocycles. The molecule has 3 heteroatoms. The van der Waals surface area contributed by atoms with E-state index in [4.69, 9.17) is 10.5 Å². The lowest BCUT2D eigenvalue weighted by Crippen LogP contribution is -2.40. The molecule has 20 heavy (non-hydrogen) atoms.